The van der Waals surface area contributed by atoms with Gasteiger partial charge in [-0.15, -0.1) is 0 Å². The van der Waals surface area contributed by atoms with Gasteiger partial charge in [0.15, 0.2) is 0 Å². The Hall–Kier alpha value is -4.31. The van der Waals surface area contributed by atoms with Crippen molar-refractivity contribution in [2.45, 2.75) is 51.4 Å². The van der Waals surface area contributed by atoms with Crippen LogP contribution in [-0.2, 0) is 51.4 Å². The van der Waals surface area contributed by atoms with E-state index in [9.17, 15) is 0 Å². The normalized spacial score (nSPS) is 14.3. The van der Waals surface area contributed by atoms with Crippen LogP contribution in [0.2, 0.25) is 0 Å². The first-order chi connectivity index (χ1) is 20.2. The van der Waals surface area contributed by atoms with E-state index in [0.29, 0.717) is 0 Å². The van der Waals surface area contributed by atoms with Gasteiger partial charge in [0.1, 0.15) is 35.3 Å². The van der Waals surface area contributed by atoms with Gasteiger partial charge in [-0.25, -0.2) is 9.13 Å². The Balaban J connectivity index is 1.23. The zero-order chi connectivity index (χ0) is 27.8. The molecule has 0 atom stereocenters. The van der Waals surface area contributed by atoms with Crippen molar-refractivity contribution < 1.29 is 14.0 Å². The third-order valence-electron chi connectivity index (χ3n) is 8.93. The monoisotopic (exact) mass is 541 g/mol. The van der Waals surface area contributed by atoms with Crippen molar-refractivity contribution in [2.75, 3.05) is 14.2 Å². The summed E-state index contributed by atoms with van der Waals surface area (Å²) in [4.78, 5) is 0. The predicted octanol–water partition coefficient (Wildman–Crippen LogP) is 6.54. The zero-order valence-corrected chi connectivity index (χ0v) is 24.0. The van der Waals surface area contributed by atoms with E-state index < -0.39 is 0 Å². The van der Waals surface area contributed by atoms with Gasteiger partial charge in [-0.1, -0.05) is 48.5 Å². The molecule has 4 aromatic carbocycles. The van der Waals surface area contributed by atoms with Crippen molar-refractivity contribution in [1.29, 1.82) is 0 Å². The molecule has 5 aromatic rings. The minimum atomic E-state index is 0.952. The van der Waals surface area contributed by atoms with Crippen LogP contribution in [0.15, 0.2) is 91.5 Å². The minimum Gasteiger partial charge on any atom is -0.496 e. The highest BCUT2D eigenvalue weighted by molar-refractivity contribution is 5.47. The lowest BCUT2D eigenvalue weighted by molar-refractivity contribution is -0.595. The quantitative estimate of drug-likeness (QED) is 0.242. The molecule has 206 valence electrons. The van der Waals surface area contributed by atoms with E-state index in [0.717, 1.165) is 62.9 Å². The van der Waals surface area contributed by atoms with E-state index in [1.165, 1.54) is 55.9 Å². The Bertz CT molecular complexity index is 1610. The molecule has 0 aliphatic heterocycles. The number of methoxy groups -OCH3 is 2. The highest BCUT2D eigenvalue weighted by atomic mass is 16.5. The van der Waals surface area contributed by atoms with Crippen LogP contribution in [0.25, 0.3) is 11.4 Å². The highest BCUT2D eigenvalue weighted by Crippen LogP contribution is 2.28. The van der Waals surface area contributed by atoms with Crippen molar-refractivity contribution in [2.24, 2.45) is 0 Å². The molecule has 0 saturated carbocycles. The van der Waals surface area contributed by atoms with Crippen molar-refractivity contribution in [1.82, 2.24) is 4.57 Å². The third-order valence-corrected chi connectivity index (χ3v) is 8.93. The molecule has 0 saturated heterocycles. The molecule has 0 unspecified atom stereocenters. The van der Waals surface area contributed by atoms with E-state index >= 15 is 0 Å². The summed E-state index contributed by atoms with van der Waals surface area (Å²) < 4.78 is 16.1. The molecule has 4 heteroatoms. The molecule has 8 aliphatic rings. The van der Waals surface area contributed by atoms with Gasteiger partial charge in [0.25, 0.3) is 6.33 Å². The molecule has 8 bridgehead atoms. The second-order valence-electron chi connectivity index (χ2n) is 11.4. The lowest BCUT2D eigenvalue weighted by Crippen LogP contribution is -2.30. The molecule has 0 radical (unpaired) electrons. The first-order valence-corrected chi connectivity index (χ1v) is 14.8. The van der Waals surface area contributed by atoms with E-state index in [1.807, 2.05) is 0 Å². The van der Waals surface area contributed by atoms with Crippen LogP contribution in [-0.4, -0.2) is 18.8 Å². The van der Waals surface area contributed by atoms with Gasteiger partial charge in [0.05, 0.1) is 14.2 Å². The zero-order valence-electron chi connectivity index (χ0n) is 24.0. The maximum absolute atomic E-state index is 5.76. The summed E-state index contributed by atoms with van der Waals surface area (Å²) in [6, 6.07) is 27.6. The highest BCUT2D eigenvalue weighted by Gasteiger charge is 2.19. The van der Waals surface area contributed by atoms with Crippen LogP contribution < -0.4 is 14.0 Å². The molecular weight excluding hydrogens is 504 g/mol. The van der Waals surface area contributed by atoms with Crippen LogP contribution in [0.5, 0.6) is 11.5 Å². The first kappa shape index (κ1) is 25.6. The van der Waals surface area contributed by atoms with E-state index in [-0.39, 0.29) is 0 Å². The second kappa shape index (κ2) is 10.9. The number of hydrogen-bond donors (Lipinski definition) is 0. The van der Waals surface area contributed by atoms with Crippen LogP contribution >= 0.6 is 0 Å². The number of benzene rings is 4. The Labute approximate surface area is 242 Å². The van der Waals surface area contributed by atoms with Crippen LogP contribution in [0.4, 0.5) is 0 Å². The van der Waals surface area contributed by atoms with Crippen LogP contribution in [0.3, 0.4) is 0 Å². The molecule has 4 nitrogen and oxygen atoms in total. The molecule has 1 heterocycles. The summed E-state index contributed by atoms with van der Waals surface area (Å²) in [7, 11) is 3.57. The maximum Gasteiger partial charge on any atom is 0.254 e. The summed E-state index contributed by atoms with van der Waals surface area (Å²) in [6.45, 7) is 0. The van der Waals surface area contributed by atoms with Gasteiger partial charge < -0.3 is 9.47 Å². The molecule has 0 amide bonds. The Morgan fingerprint density at radius 1 is 0.537 bits per heavy atom. The van der Waals surface area contributed by atoms with Crippen molar-refractivity contribution in [3.8, 4) is 22.9 Å². The number of rotatable bonds is 4. The topological polar surface area (TPSA) is 27.3 Å². The number of aryl methyl sites for hydroxylation is 8. The molecule has 41 heavy (non-hydrogen) atoms. The van der Waals surface area contributed by atoms with Gasteiger partial charge in [-0.05, 0) is 120 Å². The number of ether oxygens (including phenoxy) is 2. The van der Waals surface area contributed by atoms with Crippen molar-refractivity contribution in [3.05, 3.63) is 136 Å². The van der Waals surface area contributed by atoms with Gasteiger partial charge in [0.2, 0.25) is 0 Å². The summed E-state index contributed by atoms with van der Waals surface area (Å²) in [6.07, 6.45) is 14.5. The smallest absolute Gasteiger partial charge is 0.254 e. The second-order valence-corrected chi connectivity index (χ2v) is 11.4. The van der Waals surface area contributed by atoms with Gasteiger partial charge in [-0.2, -0.15) is 0 Å². The largest absolute Gasteiger partial charge is 0.496 e. The van der Waals surface area contributed by atoms with E-state index in [4.69, 9.17) is 9.47 Å². The third kappa shape index (κ3) is 5.15. The number of aromatic nitrogens is 2. The molecule has 0 N–H and O–H groups in total. The molecule has 0 fully saturated rings. The summed E-state index contributed by atoms with van der Waals surface area (Å²) in [5.41, 5.74) is 13.2. The van der Waals surface area contributed by atoms with E-state index in [2.05, 4.69) is 101 Å². The SMILES string of the molecule is COc1cc2ccc1CCc1ccc(cc1-n1cc[n+](-c3cc4ccc3CCc3ccc(cc3OC)CC4)c1)CC2. The Morgan fingerprint density at radius 2 is 1.02 bits per heavy atom. The fraction of sp³-hybridized carbons (Fsp3) is 0.270. The van der Waals surface area contributed by atoms with E-state index in [1.54, 1.807) is 14.2 Å². The summed E-state index contributed by atoms with van der Waals surface area (Å²) >= 11 is 0. The number of nitrogens with zero attached hydrogens (tertiary/aromatic N) is 2. The van der Waals surface area contributed by atoms with Crippen LogP contribution in [0, 0.1) is 0 Å². The molecule has 8 aliphatic carbocycles. The van der Waals surface area contributed by atoms with Gasteiger partial charge in [-0.3, -0.25) is 0 Å². The summed E-state index contributed by atoms with van der Waals surface area (Å²) in [5, 5.41) is 0. The average molecular weight is 542 g/mol. The lowest BCUT2D eigenvalue weighted by atomic mass is 9.95. The number of imidazole rings is 1. The predicted molar refractivity (Wildman–Crippen MR) is 163 cm³/mol. The average Bonchev–Trinajstić information content (AvgIpc) is 3.49. The van der Waals surface area contributed by atoms with Crippen molar-refractivity contribution >= 4 is 0 Å². The van der Waals surface area contributed by atoms with Crippen LogP contribution in [0.1, 0.15) is 44.5 Å². The first-order valence-electron chi connectivity index (χ1n) is 14.8. The van der Waals surface area contributed by atoms with Gasteiger partial charge >= 0.3 is 0 Å². The summed E-state index contributed by atoms with van der Waals surface area (Å²) in [5.74, 6) is 2.02. The van der Waals surface area contributed by atoms with Crippen molar-refractivity contribution in [3.63, 3.8) is 0 Å². The molecule has 1 aromatic heterocycles. The molecule has 0 spiro atoms. The number of hydrogen-bond acceptors (Lipinski definition) is 2. The fourth-order valence-electron chi connectivity index (χ4n) is 6.49. The fourth-order valence-corrected chi connectivity index (χ4v) is 6.49. The standard InChI is InChI=1S/C37H37N2O2/c1-40-36-23-28-5-3-26-7-11-30(15-17-32(36)13-9-28)34(21-26)38-19-20-39(25-38)35-22-27-4-6-29-10-14-33(37(24-29)41-2)18-16-31(35)12-8-27/h7-14,19-25H,3-6,15-18H2,1-2H3/q+1. The Morgan fingerprint density at radius 3 is 1.63 bits per heavy atom. The van der Waals surface area contributed by atoms with Gasteiger partial charge in [0, 0.05) is 0 Å². The minimum absolute atomic E-state index is 0.952. The molecular formula is C37H37N2O2+. The maximum atomic E-state index is 5.76. The lowest BCUT2D eigenvalue weighted by Gasteiger charge is -2.15. The molecule has 13 rings (SSSR count). The Kier molecular flexibility index (Phi) is 6.84.